The number of anilines is 3. The van der Waals surface area contributed by atoms with Crippen LogP contribution in [0.25, 0.3) is 10.8 Å². The second-order valence-corrected chi connectivity index (χ2v) is 15.5. The molecular formula is C25H21N3O14S4. The highest BCUT2D eigenvalue weighted by molar-refractivity contribution is 7.92. The highest BCUT2D eigenvalue weighted by atomic mass is 32.2. The van der Waals surface area contributed by atoms with Gasteiger partial charge in [0.2, 0.25) is 0 Å². The first-order valence-corrected chi connectivity index (χ1v) is 17.9. The van der Waals surface area contributed by atoms with Gasteiger partial charge in [0.1, 0.15) is 4.90 Å². The van der Waals surface area contributed by atoms with Crippen molar-refractivity contribution in [2.75, 3.05) is 15.8 Å². The second kappa shape index (κ2) is 11.6. The number of fused-ring (bicyclic) bond motifs is 1. The molecule has 0 aliphatic carbocycles. The summed E-state index contributed by atoms with van der Waals surface area (Å²) < 4.78 is 130. The molecule has 0 aliphatic heterocycles. The van der Waals surface area contributed by atoms with Gasteiger partial charge in [-0.1, -0.05) is 6.07 Å². The van der Waals surface area contributed by atoms with Crippen LogP contribution in [0.5, 0.6) is 0 Å². The van der Waals surface area contributed by atoms with Crippen molar-refractivity contribution in [3.63, 3.8) is 0 Å². The van der Waals surface area contributed by atoms with Gasteiger partial charge in [-0.3, -0.25) is 23.2 Å². The zero-order valence-corrected chi connectivity index (χ0v) is 26.1. The molecule has 21 heteroatoms. The van der Waals surface area contributed by atoms with Crippen LogP contribution in [0.3, 0.4) is 0 Å². The lowest BCUT2D eigenvalue weighted by Gasteiger charge is -2.16. The Bertz CT molecular complexity index is 2420. The van der Waals surface area contributed by atoms with Crippen LogP contribution in [0.1, 0.15) is 26.3 Å². The molecule has 17 nitrogen and oxygen atoms in total. The van der Waals surface area contributed by atoms with Gasteiger partial charge in [0, 0.05) is 22.3 Å². The first-order chi connectivity index (χ1) is 21.0. The van der Waals surface area contributed by atoms with E-state index in [2.05, 4.69) is 5.32 Å². The van der Waals surface area contributed by atoms with E-state index in [4.69, 9.17) is 5.73 Å². The summed E-state index contributed by atoms with van der Waals surface area (Å²) in [6.45, 7) is 1.48. The number of aromatic carboxylic acids is 1. The van der Waals surface area contributed by atoms with E-state index in [1.54, 1.807) is 0 Å². The number of carbonyl (C=O) groups is 2. The Balaban J connectivity index is 1.87. The van der Waals surface area contributed by atoms with Gasteiger partial charge in [-0.2, -0.15) is 25.3 Å². The van der Waals surface area contributed by atoms with Crippen LogP contribution in [0.2, 0.25) is 0 Å². The normalized spacial score (nSPS) is 12.5. The molecule has 0 heterocycles. The first-order valence-electron chi connectivity index (χ1n) is 12.1. The number of carboxylic acid groups (broad SMARTS) is 1. The van der Waals surface area contributed by atoms with Gasteiger partial charge in [0.25, 0.3) is 46.3 Å². The molecule has 0 radical (unpaired) electrons. The topological polar surface area (TPSA) is 302 Å². The fraction of sp³-hybridized carbons (Fsp3) is 0.0400. The molecule has 0 saturated carbocycles. The Hall–Kier alpha value is -4.64. The maximum atomic E-state index is 13.5. The summed E-state index contributed by atoms with van der Waals surface area (Å²) in [6.07, 6.45) is 0. The number of amides is 1. The van der Waals surface area contributed by atoms with Gasteiger partial charge in [-0.25, -0.2) is 13.2 Å². The minimum absolute atomic E-state index is 0.0466. The number of sulfonamides is 1. The predicted molar refractivity (Wildman–Crippen MR) is 161 cm³/mol. The first kappa shape index (κ1) is 34.2. The lowest BCUT2D eigenvalue weighted by atomic mass is 10.1. The maximum Gasteiger partial charge on any atom is 0.335 e. The van der Waals surface area contributed by atoms with Crippen LogP contribution in [0, 0.1) is 6.92 Å². The predicted octanol–water partition coefficient (Wildman–Crippen LogP) is 2.22. The summed E-state index contributed by atoms with van der Waals surface area (Å²) >= 11 is 0. The highest BCUT2D eigenvalue weighted by Gasteiger charge is 2.27. The third-order valence-electron chi connectivity index (χ3n) is 6.31. The van der Waals surface area contributed by atoms with Gasteiger partial charge >= 0.3 is 5.97 Å². The molecule has 0 unspecified atom stereocenters. The fourth-order valence-corrected chi connectivity index (χ4v) is 7.22. The number of nitrogens with two attached hydrogens (primary N) is 1. The van der Waals surface area contributed by atoms with E-state index in [9.17, 15) is 62.0 Å². The molecule has 4 rings (SSSR count). The summed E-state index contributed by atoms with van der Waals surface area (Å²) in [6, 6.07) is 8.49. The molecule has 8 N–H and O–H groups in total. The molecule has 4 aromatic rings. The Morgan fingerprint density at radius 3 is 1.76 bits per heavy atom. The van der Waals surface area contributed by atoms with Crippen molar-refractivity contribution in [3.05, 3.63) is 77.4 Å². The van der Waals surface area contributed by atoms with Gasteiger partial charge in [-0.15, -0.1) is 0 Å². The summed E-state index contributed by atoms with van der Waals surface area (Å²) in [7, 11) is -20.5. The third-order valence-corrected chi connectivity index (χ3v) is 10.2. The van der Waals surface area contributed by atoms with E-state index >= 15 is 0 Å². The molecule has 46 heavy (non-hydrogen) atoms. The Morgan fingerprint density at radius 1 is 0.674 bits per heavy atom. The highest BCUT2D eigenvalue weighted by Crippen LogP contribution is 2.37. The van der Waals surface area contributed by atoms with E-state index in [-0.39, 0.29) is 22.5 Å². The van der Waals surface area contributed by atoms with Crippen molar-refractivity contribution in [1.29, 1.82) is 0 Å². The minimum atomic E-state index is -5.38. The summed E-state index contributed by atoms with van der Waals surface area (Å²) in [4.78, 5) is 20.2. The van der Waals surface area contributed by atoms with Crippen molar-refractivity contribution in [1.82, 2.24) is 0 Å². The molecule has 1 amide bonds. The number of carbonyl (C=O) groups excluding carboxylic acids is 1. The summed E-state index contributed by atoms with van der Waals surface area (Å²) in [5, 5.41) is 10.3. The van der Waals surface area contributed by atoms with E-state index in [0.29, 0.717) is 29.8 Å². The number of aryl methyl sites for hydroxylation is 1. The summed E-state index contributed by atoms with van der Waals surface area (Å²) in [5.74, 6) is -2.24. The molecule has 0 saturated heterocycles. The van der Waals surface area contributed by atoms with E-state index < -0.39 is 88.3 Å². The van der Waals surface area contributed by atoms with Gasteiger partial charge < -0.3 is 16.2 Å². The van der Waals surface area contributed by atoms with Crippen LogP contribution in [0.15, 0.2) is 80.2 Å². The number of nitrogens with one attached hydrogen (secondary N) is 2. The number of benzene rings is 4. The molecule has 0 fully saturated rings. The molecule has 0 spiro atoms. The third kappa shape index (κ3) is 7.25. The number of hydrogen-bond acceptors (Lipinski definition) is 11. The number of nitrogen functional groups attached to an aromatic ring is 1. The molecule has 4 aromatic carbocycles. The molecule has 0 atom stereocenters. The lowest BCUT2D eigenvalue weighted by molar-refractivity contribution is 0.0696. The SMILES string of the molecule is Cc1ccc(S(=O)(=O)Nc2cc(S(=O)(=O)O)cc3cc(S(=O)(=O)O)cc(S(=O)(=O)O)c23)cc1NC(=O)c1cc(N)cc(C(=O)O)c1. The van der Waals surface area contributed by atoms with E-state index in [0.717, 1.165) is 24.3 Å². The van der Waals surface area contributed by atoms with Crippen molar-refractivity contribution in [2.24, 2.45) is 0 Å². The standard InChI is InChI=1S/C25H21N3O14S4/c1-12-2-3-17(9-20(12)27-24(29)14-4-15(25(30)31)6-16(26)5-14)43(32,33)28-21-10-18(44(34,35)36)7-13-8-19(45(37,38)39)11-22(23(13)21)46(40,41)42/h2-11,28H,26H2,1H3,(H,27,29)(H,30,31)(H,34,35,36)(H,37,38,39)(H,40,41,42). The molecular weight excluding hydrogens is 695 g/mol. The number of hydrogen-bond donors (Lipinski definition) is 7. The smallest absolute Gasteiger partial charge is 0.335 e. The van der Waals surface area contributed by atoms with E-state index in [1.165, 1.54) is 19.1 Å². The van der Waals surface area contributed by atoms with Crippen LogP contribution in [-0.4, -0.2) is 64.3 Å². The number of rotatable bonds is 9. The van der Waals surface area contributed by atoms with Crippen LogP contribution < -0.4 is 15.8 Å². The van der Waals surface area contributed by atoms with E-state index in [1.807, 2.05) is 4.72 Å². The molecule has 0 bridgehead atoms. The average molecular weight is 716 g/mol. The van der Waals surface area contributed by atoms with Crippen LogP contribution in [0.4, 0.5) is 17.1 Å². The maximum absolute atomic E-state index is 13.5. The summed E-state index contributed by atoms with van der Waals surface area (Å²) in [5.41, 5.74) is 4.51. The van der Waals surface area contributed by atoms with Gasteiger partial charge in [-0.05, 0) is 72.5 Å². The second-order valence-electron chi connectivity index (χ2n) is 9.60. The van der Waals surface area contributed by atoms with Crippen molar-refractivity contribution >= 4 is 80.1 Å². The van der Waals surface area contributed by atoms with Gasteiger partial charge in [0.15, 0.2) is 0 Å². The zero-order valence-electron chi connectivity index (χ0n) is 22.9. The lowest BCUT2D eigenvalue weighted by Crippen LogP contribution is -2.17. The zero-order chi connectivity index (χ0) is 34.6. The Morgan fingerprint density at radius 2 is 1.22 bits per heavy atom. The Kier molecular flexibility index (Phi) is 8.65. The van der Waals surface area contributed by atoms with Gasteiger partial charge in [0.05, 0.1) is 25.9 Å². The quantitative estimate of drug-likeness (QED) is 0.0965. The van der Waals surface area contributed by atoms with Crippen LogP contribution >= 0.6 is 0 Å². The molecule has 0 aromatic heterocycles. The monoisotopic (exact) mass is 715 g/mol. The number of carboxylic acids is 1. The largest absolute Gasteiger partial charge is 0.478 e. The average Bonchev–Trinajstić information content (AvgIpc) is 2.91. The molecule has 244 valence electrons. The minimum Gasteiger partial charge on any atom is -0.478 e. The van der Waals surface area contributed by atoms with Crippen molar-refractivity contribution in [3.8, 4) is 0 Å². The molecule has 0 aliphatic rings. The van der Waals surface area contributed by atoms with Crippen molar-refractivity contribution in [2.45, 2.75) is 26.5 Å². The van der Waals surface area contributed by atoms with Crippen molar-refractivity contribution < 1.29 is 62.0 Å². The Labute approximate surface area is 261 Å². The van der Waals surface area contributed by atoms with Crippen LogP contribution in [-0.2, 0) is 40.4 Å². The fourth-order valence-electron chi connectivity index (χ4n) is 4.21.